The second kappa shape index (κ2) is 5.45. The summed E-state index contributed by atoms with van der Waals surface area (Å²) in [6, 6.07) is 2.76. The van der Waals surface area contributed by atoms with Crippen molar-refractivity contribution >= 4 is 5.82 Å². The van der Waals surface area contributed by atoms with Gasteiger partial charge in [-0.3, -0.25) is 0 Å². The van der Waals surface area contributed by atoms with Crippen molar-refractivity contribution in [2.75, 3.05) is 24.5 Å². The minimum absolute atomic E-state index is 0.681. The van der Waals surface area contributed by atoms with Gasteiger partial charge in [0.25, 0.3) is 0 Å². The van der Waals surface area contributed by atoms with Crippen LogP contribution in [0.1, 0.15) is 31.3 Å². The van der Waals surface area contributed by atoms with Crippen LogP contribution in [0.3, 0.4) is 0 Å². The molecule has 0 bridgehead atoms. The quantitative estimate of drug-likeness (QED) is 0.864. The third-order valence-corrected chi connectivity index (χ3v) is 3.26. The van der Waals surface area contributed by atoms with Crippen molar-refractivity contribution in [3.63, 3.8) is 0 Å². The number of rotatable bonds is 3. The lowest BCUT2D eigenvalue weighted by molar-refractivity contribution is 0.422. The fourth-order valence-electron chi connectivity index (χ4n) is 2.46. The smallest absolute Gasteiger partial charge is 0.132 e. The van der Waals surface area contributed by atoms with E-state index in [0.717, 1.165) is 37.0 Å². The Morgan fingerprint density at radius 1 is 1.29 bits per heavy atom. The molecule has 4 heteroatoms. The van der Waals surface area contributed by atoms with Gasteiger partial charge < -0.3 is 10.2 Å². The number of aryl methyl sites for hydroxylation is 2. The molecule has 0 atom stereocenters. The summed E-state index contributed by atoms with van der Waals surface area (Å²) in [5.74, 6) is 1.96. The van der Waals surface area contributed by atoms with E-state index >= 15 is 0 Å². The number of anilines is 1. The minimum Gasteiger partial charge on any atom is -0.356 e. The molecule has 0 unspecified atom stereocenters. The second-order valence-corrected chi connectivity index (χ2v) is 4.73. The molecule has 4 nitrogen and oxygen atoms in total. The average molecular weight is 234 g/mol. The molecule has 1 aromatic heterocycles. The number of piperidine rings is 1. The summed E-state index contributed by atoms with van der Waals surface area (Å²) in [6.07, 6.45) is 2.41. The van der Waals surface area contributed by atoms with Crippen LogP contribution in [-0.2, 0) is 0 Å². The molecule has 94 valence electrons. The zero-order valence-electron chi connectivity index (χ0n) is 11.0. The summed E-state index contributed by atoms with van der Waals surface area (Å²) < 4.78 is 0. The van der Waals surface area contributed by atoms with Crippen molar-refractivity contribution in [1.29, 1.82) is 0 Å². The van der Waals surface area contributed by atoms with Crippen LogP contribution in [0.4, 0.5) is 5.82 Å². The molecule has 1 aliphatic rings. The zero-order chi connectivity index (χ0) is 12.3. The highest BCUT2D eigenvalue weighted by Crippen LogP contribution is 2.18. The van der Waals surface area contributed by atoms with Gasteiger partial charge in [0.1, 0.15) is 11.6 Å². The summed E-state index contributed by atoms with van der Waals surface area (Å²) in [7, 11) is 0. The standard InChI is InChI=1S/C13H22N4/c1-4-14-12-5-7-17(8-6-12)13-9-10(2)15-11(3)16-13/h9,12,14H,4-8H2,1-3H3. The maximum atomic E-state index is 4.52. The van der Waals surface area contributed by atoms with Crippen LogP contribution in [0.15, 0.2) is 6.07 Å². The number of hydrogen-bond donors (Lipinski definition) is 1. The molecule has 2 heterocycles. The Kier molecular flexibility index (Phi) is 3.94. The number of nitrogens with one attached hydrogen (secondary N) is 1. The van der Waals surface area contributed by atoms with Crippen molar-refractivity contribution in [1.82, 2.24) is 15.3 Å². The van der Waals surface area contributed by atoms with Crippen molar-refractivity contribution in [2.24, 2.45) is 0 Å². The fourth-order valence-corrected chi connectivity index (χ4v) is 2.46. The molecule has 1 fully saturated rings. The molecule has 0 saturated carbocycles. The van der Waals surface area contributed by atoms with Crippen molar-refractivity contribution in [3.05, 3.63) is 17.6 Å². The van der Waals surface area contributed by atoms with Gasteiger partial charge in [-0.1, -0.05) is 6.92 Å². The van der Waals surface area contributed by atoms with Crippen LogP contribution in [0, 0.1) is 13.8 Å². The Bertz CT molecular complexity index is 349. The van der Waals surface area contributed by atoms with Gasteiger partial charge in [-0.15, -0.1) is 0 Å². The summed E-state index contributed by atoms with van der Waals surface area (Å²) in [6.45, 7) is 9.41. The lowest BCUT2D eigenvalue weighted by atomic mass is 10.1. The van der Waals surface area contributed by atoms with Gasteiger partial charge in [-0.2, -0.15) is 0 Å². The topological polar surface area (TPSA) is 41.0 Å². The summed E-state index contributed by atoms with van der Waals surface area (Å²) >= 11 is 0. The van der Waals surface area contributed by atoms with Crippen LogP contribution in [0.5, 0.6) is 0 Å². The zero-order valence-corrected chi connectivity index (χ0v) is 11.0. The Labute approximate surface area is 103 Å². The Hall–Kier alpha value is -1.16. The molecule has 0 spiro atoms. The summed E-state index contributed by atoms with van der Waals surface area (Å²) in [5.41, 5.74) is 1.06. The highest BCUT2D eigenvalue weighted by molar-refractivity contribution is 5.40. The lowest BCUT2D eigenvalue weighted by Gasteiger charge is -2.33. The molecule has 1 saturated heterocycles. The average Bonchev–Trinajstić information content (AvgIpc) is 2.29. The van der Waals surface area contributed by atoms with Gasteiger partial charge in [0.05, 0.1) is 0 Å². The Balaban J connectivity index is 2.00. The van der Waals surface area contributed by atoms with Crippen LogP contribution in [0.2, 0.25) is 0 Å². The first-order valence-corrected chi connectivity index (χ1v) is 6.49. The second-order valence-electron chi connectivity index (χ2n) is 4.73. The van der Waals surface area contributed by atoms with Crippen LogP contribution in [-0.4, -0.2) is 35.6 Å². The normalized spacial score (nSPS) is 17.5. The van der Waals surface area contributed by atoms with E-state index in [1.54, 1.807) is 0 Å². The SMILES string of the molecule is CCNC1CCN(c2cc(C)nc(C)n2)CC1. The molecule has 0 amide bonds. The molecule has 1 N–H and O–H groups in total. The molecular weight excluding hydrogens is 212 g/mol. The number of hydrogen-bond acceptors (Lipinski definition) is 4. The van der Waals surface area contributed by atoms with E-state index in [4.69, 9.17) is 0 Å². The van der Waals surface area contributed by atoms with Gasteiger partial charge in [-0.05, 0) is 33.2 Å². The molecule has 1 aromatic rings. The van der Waals surface area contributed by atoms with E-state index in [-0.39, 0.29) is 0 Å². The van der Waals surface area contributed by atoms with E-state index in [1.807, 2.05) is 13.8 Å². The van der Waals surface area contributed by atoms with E-state index in [9.17, 15) is 0 Å². The Morgan fingerprint density at radius 3 is 2.59 bits per heavy atom. The van der Waals surface area contributed by atoms with Crippen LogP contribution in [0.25, 0.3) is 0 Å². The molecule has 2 rings (SSSR count). The van der Waals surface area contributed by atoms with Crippen LogP contribution >= 0.6 is 0 Å². The van der Waals surface area contributed by atoms with E-state index in [0.29, 0.717) is 6.04 Å². The van der Waals surface area contributed by atoms with Crippen molar-refractivity contribution in [3.8, 4) is 0 Å². The highest BCUT2D eigenvalue weighted by Gasteiger charge is 2.19. The molecule has 0 aliphatic carbocycles. The monoisotopic (exact) mass is 234 g/mol. The van der Waals surface area contributed by atoms with E-state index in [2.05, 4.69) is 33.2 Å². The van der Waals surface area contributed by atoms with Crippen molar-refractivity contribution in [2.45, 2.75) is 39.7 Å². The van der Waals surface area contributed by atoms with Gasteiger partial charge in [-0.25, -0.2) is 9.97 Å². The van der Waals surface area contributed by atoms with Gasteiger partial charge >= 0.3 is 0 Å². The number of aromatic nitrogens is 2. The molecule has 17 heavy (non-hydrogen) atoms. The number of nitrogens with zero attached hydrogens (tertiary/aromatic N) is 3. The maximum Gasteiger partial charge on any atom is 0.132 e. The third kappa shape index (κ3) is 3.16. The molecule has 1 aliphatic heterocycles. The minimum atomic E-state index is 0.681. The summed E-state index contributed by atoms with van der Waals surface area (Å²) in [4.78, 5) is 11.2. The van der Waals surface area contributed by atoms with E-state index < -0.39 is 0 Å². The van der Waals surface area contributed by atoms with Gasteiger partial charge in [0.2, 0.25) is 0 Å². The first kappa shape index (κ1) is 12.3. The first-order chi connectivity index (χ1) is 8.19. The predicted octanol–water partition coefficient (Wildman–Crippen LogP) is 1.67. The first-order valence-electron chi connectivity index (χ1n) is 6.49. The summed E-state index contributed by atoms with van der Waals surface area (Å²) in [5, 5.41) is 3.52. The Morgan fingerprint density at radius 2 is 2.00 bits per heavy atom. The van der Waals surface area contributed by atoms with Gasteiger partial charge in [0.15, 0.2) is 0 Å². The maximum absolute atomic E-state index is 4.52. The molecule has 0 aromatic carbocycles. The predicted molar refractivity (Wildman–Crippen MR) is 70.4 cm³/mol. The van der Waals surface area contributed by atoms with E-state index in [1.165, 1.54) is 12.8 Å². The third-order valence-electron chi connectivity index (χ3n) is 3.26. The lowest BCUT2D eigenvalue weighted by Crippen LogP contribution is -2.42. The fraction of sp³-hybridized carbons (Fsp3) is 0.692. The molecular formula is C13H22N4. The highest BCUT2D eigenvalue weighted by atomic mass is 15.2. The molecule has 0 radical (unpaired) electrons. The largest absolute Gasteiger partial charge is 0.356 e. The van der Waals surface area contributed by atoms with Gasteiger partial charge in [0, 0.05) is 30.9 Å². The van der Waals surface area contributed by atoms with Crippen LogP contribution < -0.4 is 10.2 Å². The van der Waals surface area contributed by atoms with Crippen molar-refractivity contribution < 1.29 is 0 Å².